The fourth-order valence-electron chi connectivity index (χ4n) is 6.53. The molecule has 1 saturated carbocycles. The molecular formula is C34H41N11O5. The number of aldehydes is 1. The number of hydrogen-bond acceptors (Lipinski definition) is 13. The van der Waals surface area contributed by atoms with Crippen LogP contribution in [0, 0.1) is 5.92 Å². The quantitative estimate of drug-likeness (QED) is 0.104. The van der Waals surface area contributed by atoms with E-state index in [9.17, 15) is 24.6 Å². The zero-order valence-electron chi connectivity index (χ0n) is 28.3. The van der Waals surface area contributed by atoms with Gasteiger partial charge in [0.1, 0.15) is 11.4 Å². The van der Waals surface area contributed by atoms with Crippen LogP contribution in [0.25, 0.3) is 11.1 Å². The number of anilines is 4. The molecule has 3 aromatic heterocycles. The van der Waals surface area contributed by atoms with Crippen LogP contribution in [0.15, 0.2) is 48.7 Å². The lowest BCUT2D eigenvalue weighted by atomic mass is 9.91. The summed E-state index contributed by atoms with van der Waals surface area (Å²) in [5, 5.41) is 43.8. The first kappa shape index (κ1) is 34.6. The summed E-state index contributed by atoms with van der Waals surface area (Å²) in [5.74, 6) is -2.64. The van der Waals surface area contributed by atoms with Gasteiger partial charge >= 0.3 is 0 Å². The van der Waals surface area contributed by atoms with Gasteiger partial charge in [0.25, 0.3) is 11.8 Å². The third-order valence-electron chi connectivity index (χ3n) is 9.27. The maximum absolute atomic E-state index is 12.8. The number of carbonyl (C=O) groups is 3. The summed E-state index contributed by atoms with van der Waals surface area (Å²) in [7, 11) is 5.03. The summed E-state index contributed by atoms with van der Waals surface area (Å²) in [4.78, 5) is 44.1. The van der Waals surface area contributed by atoms with Crippen molar-refractivity contribution in [3.05, 3.63) is 71.4 Å². The monoisotopic (exact) mass is 683 g/mol. The van der Waals surface area contributed by atoms with E-state index < -0.39 is 11.8 Å². The van der Waals surface area contributed by atoms with Gasteiger partial charge < -0.3 is 36.8 Å². The molecule has 0 bridgehead atoms. The smallest absolute Gasteiger partial charge is 0.273 e. The van der Waals surface area contributed by atoms with Gasteiger partial charge in [-0.2, -0.15) is 5.10 Å². The zero-order chi connectivity index (χ0) is 35.7. The summed E-state index contributed by atoms with van der Waals surface area (Å²) in [6.07, 6.45) is 4.85. The number of amides is 2. The molecule has 1 atom stereocenters. The predicted molar refractivity (Wildman–Crippen MR) is 186 cm³/mol. The number of aliphatic hydroxyl groups is 2. The van der Waals surface area contributed by atoms with E-state index in [0.717, 1.165) is 47.5 Å². The highest BCUT2D eigenvalue weighted by Crippen LogP contribution is 2.50. The Hall–Kier alpha value is -5.29. The van der Waals surface area contributed by atoms with Crippen LogP contribution in [-0.2, 0) is 10.7 Å². The van der Waals surface area contributed by atoms with Gasteiger partial charge in [-0.1, -0.05) is 25.1 Å². The number of nitrogens with two attached hydrogens (primary N) is 1. The molecule has 1 aromatic carbocycles. The molecule has 16 nitrogen and oxygen atoms in total. The lowest BCUT2D eigenvalue weighted by Gasteiger charge is -2.47. The number of carbonyl (C=O) groups excluding carboxylic acids is 3. The van der Waals surface area contributed by atoms with Crippen LogP contribution in [0.1, 0.15) is 70.6 Å². The Labute approximate surface area is 288 Å². The summed E-state index contributed by atoms with van der Waals surface area (Å²) >= 11 is 0. The number of fused-ring (bicyclic) bond motifs is 3. The molecule has 7 N–H and O–H groups in total. The zero-order valence-corrected chi connectivity index (χ0v) is 28.3. The number of para-hydroxylation sites is 1. The lowest BCUT2D eigenvalue weighted by Crippen LogP contribution is -2.59. The van der Waals surface area contributed by atoms with E-state index in [1.807, 2.05) is 36.1 Å². The molecule has 0 spiro atoms. The molecule has 4 aromatic rings. The van der Waals surface area contributed by atoms with Gasteiger partial charge in [0.05, 0.1) is 41.0 Å². The number of benzene rings is 1. The van der Waals surface area contributed by atoms with E-state index >= 15 is 0 Å². The summed E-state index contributed by atoms with van der Waals surface area (Å²) < 4.78 is 1.97. The van der Waals surface area contributed by atoms with E-state index in [1.54, 1.807) is 12.1 Å². The molecule has 0 radical (unpaired) electrons. The average molecular weight is 684 g/mol. The van der Waals surface area contributed by atoms with Crippen LogP contribution in [0.2, 0.25) is 0 Å². The average Bonchev–Trinajstić information content (AvgIpc) is 3.89. The Kier molecular flexibility index (Phi) is 9.62. The molecule has 50 heavy (non-hydrogen) atoms. The fraction of sp³-hybridized carbons (Fsp3) is 0.382. The first-order valence-electron chi connectivity index (χ1n) is 16.5. The van der Waals surface area contributed by atoms with Gasteiger partial charge in [-0.05, 0) is 44.5 Å². The number of nitrogens with one attached hydrogen (secondary N) is 3. The highest BCUT2D eigenvalue weighted by Gasteiger charge is 2.46. The fourth-order valence-corrected chi connectivity index (χ4v) is 6.53. The summed E-state index contributed by atoms with van der Waals surface area (Å²) in [6, 6.07) is 11.8. The normalized spacial score (nSPS) is 17.0. The Bertz CT molecular complexity index is 1920. The summed E-state index contributed by atoms with van der Waals surface area (Å²) in [5.41, 5.74) is 9.61. The third-order valence-corrected chi connectivity index (χ3v) is 9.27. The van der Waals surface area contributed by atoms with Gasteiger partial charge in [-0.15, -0.1) is 10.2 Å². The highest BCUT2D eigenvalue weighted by molar-refractivity contribution is 6.01. The minimum Gasteiger partial charge on any atom is -0.364 e. The van der Waals surface area contributed by atoms with Crippen molar-refractivity contribution < 1.29 is 24.6 Å². The van der Waals surface area contributed by atoms with E-state index in [0.29, 0.717) is 25.1 Å². The Morgan fingerprint density at radius 3 is 2.48 bits per heavy atom. The van der Waals surface area contributed by atoms with Crippen LogP contribution in [-0.4, -0.2) is 92.4 Å². The Balaban J connectivity index is 0.00000212. The molecule has 2 aliphatic heterocycles. The van der Waals surface area contributed by atoms with E-state index in [-0.39, 0.29) is 46.8 Å². The second kappa shape index (κ2) is 13.9. The molecule has 16 heteroatoms. The van der Waals surface area contributed by atoms with Crippen molar-refractivity contribution in [1.29, 1.82) is 0 Å². The maximum Gasteiger partial charge on any atom is 0.273 e. The maximum atomic E-state index is 12.8. The number of aromatic nitrogens is 5. The number of likely N-dealkylation sites (tertiary alicyclic amines) is 1. The minimum absolute atomic E-state index is 0.0189. The molecule has 3 aliphatic rings. The molecule has 5 heterocycles. The van der Waals surface area contributed by atoms with Gasteiger partial charge in [0.15, 0.2) is 17.8 Å². The molecule has 262 valence electrons. The van der Waals surface area contributed by atoms with Gasteiger partial charge in [0.2, 0.25) is 5.91 Å². The van der Waals surface area contributed by atoms with Crippen molar-refractivity contribution in [2.24, 2.45) is 11.7 Å². The lowest BCUT2D eigenvalue weighted by molar-refractivity contribution is -0.302. The van der Waals surface area contributed by atoms with Gasteiger partial charge in [0, 0.05) is 50.3 Å². The van der Waals surface area contributed by atoms with Crippen molar-refractivity contribution >= 4 is 41.0 Å². The standard InChI is InChI=1S/C33H36N10O5.CH5N/c1-4-25-30-22(14-35-43(30)20-15-42(16-20)33(47,48)26-10-5-7-19(17-44)36-26)21-8-6-9-23(29(21)41(25)3)37-24-13-27(38-31(45)18-11-12-18)39-40-28(24)32(46)34-2;1-2/h5-10,13-14,17-18,20,25,47-48H,4,11-12,15-16H2,1-3H3,(H,34,46)(H2,37,38,39,45);2H2,1H3. The largest absolute Gasteiger partial charge is 0.364 e. The summed E-state index contributed by atoms with van der Waals surface area (Å²) in [6.45, 7) is 2.71. The first-order chi connectivity index (χ1) is 24.1. The van der Waals surface area contributed by atoms with Crippen molar-refractivity contribution in [2.45, 2.75) is 44.2 Å². The van der Waals surface area contributed by atoms with E-state index in [4.69, 9.17) is 5.10 Å². The molecule has 1 aliphatic carbocycles. The number of pyridine rings is 1. The molecule has 1 unspecified atom stereocenters. The van der Waals surface area contributed by atoms with Crippen LogP contribution in [0.5, 0.6) is 0 Å². The minimum atomic E-state index is -2.34. The molecule has 2 fully saturated rings. The number of hydrogen-bond donors (Lipinski definition) is 6. The molecular weight excluding hydrogens is 642 g/mol. The van der Waals surface area contributed by atoms with Crippen LogP contribution < -0.4 is 26.6 Å². The van der Waals surface area contributed by atoms with E-state index in [1.165, 1.54) is 31.1 Å². The molecule has 1 saturated heterocycles. The topological polar surface area (TPSA) is 217 Å². The van der Waals surface area contributed by atoms with Crippen molar-refractivity contribution in [1.82, 2.24) is 35.2 Å². The van der Waals surface area contributed by atoms with E-state index in [2.05, 4.69) is 48.7 Å². The third kappa shape index (κ3) is 6.17. The van der Waals surface area contributed by atoms with Crippen LogP contribution >= 0.6 is 0 Å². The van der Waals surface area contributed by atoms with Gasteiger partial charge in [-0.25, -0.2) is 9.88 Å². The van der Waals surface area contributed by atoms with Crippen LogP contribution in [0.3, 0.4) is 0 Å². The molecule has 7 rings (SSSR count). The van der Waals surface area contributed by atoms with Gasteiger partial charge in [-0.3, -0.25) is 19.1 Å². The second-order valence-corrected chi connectivity index (χ2v) is 12.3. The first-order valence-corrected chi connectivity index (χ1v) is 16.5. The second-order valence-electron chi connectivity index (χ2n) is 12.3. The highest BCUT2D eigenvalue weighted by atomic mass is 16.5. The van der Waals surface area contributed by atoms with Crippen molar-refractivity contribution in [2.75, 3.05) is 49.8 Å². The number of rotatable bonds is 10. The van der Waals surface area contributed by atoms with Crippen molar-refractivity contribution in [3.8, 4) is 11.1 Å². The number of nitrogens with zero attached hydrogens (tertiary/aromatic N) is 7. The Morgan fingerprint density at radius 1 is 1.06 bits per heavy atom. The molecule has 2 amide bonds. The van der Waals surface area contributed by atoms with Crippen LogP contribution in [0.4, 0.5) is 22.9 Å². The predicted octanol–water partition coefficient (Wildman–Crippen LogP) is 2.13. The van der Waals surface area contributed by atoms with Crippen molar-refractivity contribution in [3.63, 3.8) is 0 Å². The SMILES string of the molecule is CCC1c2c(cnn2C2CN(C(O)(O)c3cccc(C=O)n3)C2)-c2cccc(Nc3cc(NC(=O)C4CC4)nnc3C(=O)NC)c2N1C.CN. The Morgan fingerprint density at radius 2 is 1.80 bits per heavy atom.